The maximum absolute atomic E-state index is 6.01. The van der Waals surface area contributed by atoms with Crippen LogP contribution < -0.4 is 0 Å². The molecule has 0 aliphatic carbocycles. The normalized spacial score (nSPS) is 11.6. The van der Waals surface area contributed by atoms with E-state index in [4.69, 9.17) is 11.6 Å². The zero-order valence-corrected chi connectivity index (χ0v) is 16.1. The molecule has 3 aromatic rings. The van der Waals surface area contributed by atoms with E-state index in [0.29, 0.717) is 0 Å². The van der Waals surface area contributed by atoms with Crippen LogP contribution in [0.3, 0.4) is 0 Å². The van der Waals surface area contributed by atoms with Gasteiger partial charge in [0.05, 0.1) is 11.9 Å². The lowest BCUT2D eigenvalue weighted by atomic mass is 10.1. The van der Waals surface area contributed by atoms with E-state index in [9.17, 15) is 0 Å². The van der Waals surface area contributed by atoms with Gasteiger partial charge in [-0.25, -0.2) is 0 Å². The molecule has 0 saturated carbocycles. The Labute approximate surface area is 158 Å². The minimum Gasteiger partial charge on any atom is -0.308 e. The summed E-state index contributed by atoms with van der Waals surface area (Å²) < 4.78 is 0. The summed E-state index contributed by atoms with van der Waals surface area (Å²) in [5, 5.41) is 10.3. The number of benzene rings is 1. The molecule has 0 bridgehead atoms. The van der Waals surface area contributed by atoms with Gasteiger partial charge in [-0.2, -0.15) is 5.10 Å². The van der Waals surface area contributed by atoms with E-state index in [-0.39, 0.29) is 0 Å². The number of aromatic amines is 1. The average molecular weight is 375 g/mol. The van der Waals surface area contributed by atoms with Crippen LogP contribution in [-0.2, 0) is 13.1 Å². The van der Waals surface area contributed by atoms with Gasteiger partial charge in [0.15, 0.2) is 0 Å². The van der Waals surface area contributed by atoms with Crippen molar-refractivity contribution in [3.05, 3.63) is 63.4 Å². The Balaban J connectivity index is 1.77. The molecule has 0 atom stereocenters. The minimum absolute atomic E-state index is 0.745. The summed E-state index contributed by atoms with van der Waals surface area (Å²) in [7, 11) is 4.22. The van der Waals surface area contributed by atoms with E-state index in [1.807, 2.05) is 30.5 Å². The zero-order valence-electron chi connectivity index (χ0n) is 14.6. The largest absolute Gasteiger partial charge is 0.308 e. The number of nitrogens with one attached hydrogen (secondary N) is 1. The van der Waals surface area contributed by atoms with Crippen molar-refractivity contribution in [1.82, 2.24) is 20.0 Å². The van der Waals surface area contributed by atoms with Crippen LogP contribution in [-0.4, -0.2) is 47.2 Å². The standard InChI is InChI=1S/C19H23ClN4S/c1-23(2)9-10-24(14-18-4-3-11-25-18)13-16-12-21-22-19(16)15-5-7-17(20)8-6-15/h3-8,11-12H,9-10,13-14H2,1-2H3,(H,21,22). The highest BCUT2D eigenvalue weighted by molar-refractivity contribution is 7.09. The molecule has 0 spiro atoms. The Morgan fingerprint density at radius 1 is 1.08 bits per heavy atom. The summed E-state index contributed by atoms with van der Waals surface area (Å²) in [6, 6.07) is 12.2. The first-order valence-electron chi connectivity index (χ1n) is 8.29. The Bertz CT molecular complexity index is 765. The Morgan fingerprint density at radius 2 is 1.88 bits per heavy atom. The van der Waals surface area contributed by atoms with Crippen molar-refractivity contribution in [1.29, 1.82) is 0 Å². The smallest absolute Gasteiger partial charge is 0.0695 e. The van der Waals surface area contributed by atoms with E-state index in [1.165, 1.54) is 10.4 Å². The predicted octanol–water partition coefficient (Wildman–Crippen LogP) is 4.36. The van der Waals surface area contributed by atoms with Crippen molar-refractivity contribution in [2.45, 2.75) is 13.1 Å². The summed E-state index contributed by atoms with van der Waals surface area (Å²) in [6.07, 6.45) is 1.93. The van der Waals surface area contributed by atoms with Crippen molar-refractivity contribution in [2.24, 2.45) is 0 Å². The third-order valence-corrected chi connectivity index (χ3v) is 5.18. The van der Waals surface area contributed by atoms with Crippen LogP contribution in [0.2, 0.25) is 5.02 Å². The highest BCUT2D eigenvalue weighted by Gasteiger charge is 2.14. The fourth-order valence-electron chi connectivity index (χ4n) is 2.72. The number of likely N-dealkylation sites (N-methyl/N-ethyl adjacent to an activating group) is 1. The van der Waals surface area contributed by atoms with Crippen LogP contribution in [0, 0.1) is 0 Å². The van der Waals surface area contributed by atoms with E-state index >= 15 is 0 Å². The second-order valence-electron chi connectivity index (χ2n) is 6.37. The molecule has 0 fully saturated rings. The van der Waals surface area contributed by atoms with Crippen molar-refractivity contribution in [3.8, 4) is 11.3 Å². The van der Waals surface area contributed by atoms with Crippen LogP contribution >= 0.6 is 22.9 Å². The molecular weight excluding hydrogens is 352 g/mol. The van der Waals surface area contributed by atoms with Gasteiger partial charge in [0.25, 0.3) is 0 Å². The van der Waals surface area contributed by atoms with E-state index in [0.717, 1.165) is 42.5 Å². The fourth-order valence-corrected chi connectivity index (χ4v) is 3.59. The van der Waals surface area contributed by atoms with Crippen LogP contribution in [0.4, 0.5) is 0 Å². The number of aromatic nitrogens is 2. The van der Waals surface area contributed by atoms with Gasteiger partial charge in [0.2, 0.25) is 0 Å². The molecule has 0 amide bonds. The molecule has 6 heteroatoms. The maximum atomic E-state index is 6.01. The van der Waals surface area contributed by atoms with Crippen LogP contribution in [0.5, 0.6) is 0 Å². The number of H-pyrrole nitrogens is 1. The number of thiophene rings is 1. The van der Waals surface area contributed by atoms with Crippen LogP contribution in [0.1, 0.15) is 10.4 Å². The predicted molar refractivity (Wildman–Crippen MR) is 106 cm³/mol. The second-order valence-corrected chi connectivity index (χ2v) is 7.84. The molecule has 0 saturated heterocycles. The first-order chi connectivity index (χ1) is 12.1. The molecular formula is C19H23ClN4S. The monoisotopic (exact) mass is 374 g/mol. The molecule has 1 N–H and O–H groups in total. The summed E-state index contributed by atoms with van der Waals surface area (Å²) >= 11 is 7.82. The highest BCUT2D eigenvalue weighted by atomic mass is 35.5. The fraction of sp³-hybridized carbons (Fsp3) is 0.316. The summed E-state index contributed by atoms with van der Waals surface area (Å²) in [6.45, 7) is 3.85. The molecule has 4 nitrogen and oxygen atoms in total. The number of hydrogen-bond donors (Lipinski definition) is 1. The Hall–Kier alpha value is -1.66. The maximum Gasteiger partial charge on any atom is 0.0695 e. The van der Waals surface area contributed by atoms with Crippen molar-refractivity contribution in [3.63, 3.8) is 0 Å². The molecule has 0 aliphatic heterocycles. The third kappa shape index (κ3) is 5.16. The molecule has 1 aromatic carbocycles. The van der Waals surface area contributed by atoms with Gasteiger partial charge in [-0.1, -0.05) is 29.8 Å². The Morgan fingerprint density at radius 3 is 2.56 bits per heavy atom. The number of nitrogens with zero attached hydrogens (tertiary/aromatic N) is 3. The van der Waals surface area contributed by atoms with Crippen LogP contribution in [0.15, 0.2) is 48.0 Å². The van der Waals surface area contributed by atoms with Crippen molar-refractivity contribution < 1.29 is 0 Å². The van der Waals surface area contributed by atoms with Crippen LogP contribution in [0.25, 0.3) is 11.3 Å². The second kappa shape index (κ2) is 8.63. The molecule has 0 unspecified atom stereocenters. The molecule has 0 radical (unpaired) electrons. The molecule has 2 aromatic heterocycles. The Kier molecular flexibility index (Phi) is 6.26. The van der Waals surface area contributed by atoms with E-state index in [1.54, 1.807) is 11.3 Å². The number of halogens is 1. The van der Waals surface area contributed by atoms with E-state index in [2.05, 4.69) is 51.6 Å². The molecule has 3 rings (SSSR count). The number of rotatable bonds is 8. The average Bonchev–Trinajstić information content (AvgIpc) is 3.25. The van der Waals surface area contributed by atoms with Gasteiger partial charge in [-0.15, -0.1) is 11.3 Å². The highest BCUT2D eigenvalue weighted by Crippen LogP contribution is 2.24. The topological polar surface area (TPSA) is 35.2 Å². The quantitative estimate of drug-likeness (QED) is 0.636. The molecule has 0 aliphatic rings. The molecule has 25 heavy (non-hydrogen) atoms. The SMILES string of the molecule is CN(C)CCN(Cc1cccs1)Cc1cn[nH]c1-c1ccc(Cl)cc1. The van der Waals surface area contributed by atoms with Gasteiger partial charge >= 0.3 is 0 Å². The van der Waals surface area contributed by atoms with Crippen molar-refractivity contribution in [2.75, 3.05) is 27.2 Å². The summed E-state index contributed by atoms with van der Waals surface area (Å²) in [5.74, 6) is 0. The lowest BCUT2D eigenvalue weighted by Crippen LogP contribution is -2.30. The molecule has 2 heterocycles. The summed E-state index contributed by atoms with van der Waals surface area (Å²) in [5.41, 5.74) is 3.39. The van der Waals surface area contributed by atoms with Gasteiger partial charge in [0.1, 0.15) is 0 Å². The minimum atomic E-state index is 0.745. The van der Waals surface area contributed by atoms with Gasteiger partial charge in [-0.3, -0.25) is 10.00 Å². The van der Waals surface area contributed by atoms with Crippen molar-refractivity contribution >= 4 is 22.9 Å². The third-order valence-electron chi connectivity index (χ3n) is 4.07. The number of hydrogen-bond acceptors (Lipinski definition) is 4. The lowest BCUT2D eigenvalue weighted by Gasteiger charge is -2.23. The van der Waals surface area contributed by atoms with Gasteiger partial charge < -0.3 is 4.90 Å². The summed E-state index contributed by atoms with van der Waals surface area (Å²) in [4.78, 5) is 6.07. The lowest BCUT2D eigenvalue weighted by molar-refractivity contribution is 0.228. The van der Waals surface area contributed by atoms with Gasteiger partial charge in [-0.05, 0) is 43.2 Å². The van der Waals surface area contributed by atoms with E-state index < -0.39 is 0 Å². The first-order valence-corrected chi connectivity index (χ1v) is 9.55. The molecule has 132 valence electrons. The van der Waals surface area contributed by atoms with Gasteiger partial charge in [0, 0.05) is 41.6 Å². The zero-order chi connectivity index (χ0) is 17.6. The first kappa shape index (κ1) is 18.1.